The molecular formula is C20H25N5O2. The van der Waals surface area contributed by atoms with Crippen LogP contribution >= 0.6 is 0 Å². The summed E-state index contributed by atoms with van der Waals surface area (Å²) in [5, 5.41) is 9.22. The Kier molecular flexibility index (Phi) is 4.25. The Hall–Kier alpha value is -2.70. The maximum atomic E-state index is 13.6. The van der Waals surface area contributed by atoms with E-state index in [4.69, 9.17) is 4.52 Å². The summed E-state index contributed by atoms with van der Waals surface area (Å²) in [6.07, 6.45) is 3.96. The van der Waals surface area contributed by atoms with Gasteiger partial charge in [-0.3, -0.25) is 9.48 Å². The van der Waals surface area contributed by atoms with Gasteiger partial charge in [0.2, 0.25) is 0 Å². The van der Waals surface area contributed by atoms with Gasteiger partial charge in [-0.25, -0.2) is 4.98 Å². The molecule has 1 fully saturated rings. The van der Waals surface area contributed by atoms with Crippen LogP contribution in [0, 0.1) is 13.8 Å². The van der Waals surface area contributed by atoms with Gasteiger partial charge in [0.25, 0.3) is 11.6 Å². The van der Waals surface area contributed by atoms with Gasteiger partial charge in [-0.1, -0.05) is 19.0 Å². The van der Waals surface area contributed by atoms with Gasteiger partial charge in [0.05, 0.1) is 28.4 Å². The third-order valence-corrected chi connectivity index (χ3v) is 5.38. The van der Waals surface area contributed by atoms with Crippen LogP contribution in [0.5, 0.6) is 0 Å². The van der Waals surface area contributed by atoms with Crippen LogP contribution in [0.4, 0.5) is 0 Å². The number of likely N-dealkylation sites (tertiary alicyclic amines) is 1. The average Bonchev–Trinajstić information content (AvgIpc) is 3.32. The first-order valence-corrected chi connectivity index (χ1v) is 9.45. The van der Waals surface area contributed by atoms with Crippen LogP contribution in [-0.2, 0) is 7.05 Å². The molecule has 1 unspecified atom stereocenters. The fraction of sp³-hybridized carbons (Fsp3) is 0.500. The molecule has 3 aromatic heterocycles. The van der Waals surface area contributed by atoms with Crippen molar-refractivity contribution in [2.24, 2.45) is 7.05 Å². The van der Waals surface area contributed by atoms with Gasteiger partial charge in [0.1, 0.15) is 0 Å². The molecule has 0 aromatic carbocycles. The summed E-state index contributed by atoms with van der Waals surface area (Å²) in [6, 6.07) is 1.96. The van der Waals surface area contributed by atoms with E-state index in [1.807, 2.05) is 42.7 Å². The van der Waals surface area contributed by atoms with Crippen LogP contribution < -0.4 is 0 Å². The van der Waals surface area contributed by atoms with Gasteiger partial charge in [-0.2, -0.15) is 5.10 Å². The highest BCUT2D eigenvalue weighted by atomic mass is 16.5. The lowest BCUT2D eigenvalue weighted by Gasteiger charge is -2.25. The highest BCUT2D eigenvalue weighted by Gasteiger charge is 2.34. The first kappa shape index (κ1) is 17.7. The predicted molar refractivity (Wildman–Crippen MR) is 102 cm³/mol. The second-order valence-corrected chi connectivity index (χ2v) is 7.70. The molecule has 0 N–H and O–H groups in total. The first-order valence-electron chi connectivity index (χ1n) is 9.45. The summed E-state index contributed by atoms with van der Waals surface area (Å²) < 4.78 is 7.20. The summed E-state index contributed by atoms with van der Waals surface area (Å²) in [4.78, 5) is 20.1. The molecule has 3 aromatic rings. The fourth-order valence-corrected chi connectivity index (χ4v) is 4.01. The molecule has 7 heteroatoms. The SMILES string of the molecule is Cc1nn(C)cc1C1CCCN1C(=O)c1cc(C(C)C)nc2onc(C)c12. The van der Waals surface area contributed by atoms with Crippen molar-refractivity contribution in [1.82, 2.24) is 24.8 Å². The van der Waals surface area contributed by atoms with E-state index in [1.54, 1.807) is 0 Å². The second kappa shape index (κ2) is 6.48. The molecule has 1 saturated heterocycles. The highest BCUT2D eigenvalue weighted by Crippen LogP contribution is 2.36. The number of hydrogen-bond acceptors (Lipinski definition) is 5. The quantitative estimate of drug-likeness (QED) is 0.706. The van der Waals surface area contributed by atoms with Crippen LogP contribution in [0.15, 0.2) is 16.8 Å². The number of carbonyl (C=O) groups excluding carboxylic acids is 1. The normalized spacial score (nSPS) is 17.4. The van der Waals surface area contributed by atoms with Crippen LogP contribution in [0.3, 0.4) is 0 Å². The van der Waals surface area contributed by atoms with E-state index in [0.717, 1.165) is 41.7 Å². The van der Waals surface area contributed by atoms with Gasteiger partial charge >= 0.3 is 0 Å². The topological polar surface area (TPSA) is 77.0 Å². The van der Waals surface area contributed by atoms with Gasteiger partial charge in [0, 0.05) is 31.0 Å². The number of pyridine rings is 1. The van der Waals surface area contributed by atoms with Crippen molar-refractivity contribution in [1.29, 1.82) is 0 Å². The van der Waals surface area contributed by atoms with E-state index in [0.29, 0.717) is 17.0 Å². The predicted octanol–water partition coefficient (Wildman–Crippen LogP) is 3.67. The average molecular weight is 367 g/mol. The third-order valence-electron chi connectivity index (χ3n) is 5.38. The van der Waals surface area contributed by atoms with Gasteiger partial charge in [-0.15, -0.1) is 0 Å². The summed E-state index contributed by atoms with van der Waals surface area (Å²) in [5.74, 6) is 0.211. The molecule has 1 atom stereocenters. The summed E-state index contributed by atoms with van der Waals surface area (Å²) >= 11 is 0. The maximum absolute atomic E-state index is 13.6. The standard InChI is InChI=1S/C20H25N5O2/c1-11(2)16-9-14(18-13(4)23-27-19(18)21-16)20(26)25-8-6-7-17(25)15-10-24(5)22-12(15)3/h9-11,17H,6-8H2,1-5H3. The number of nitrogens with zero attached hydrogens (tertiary/aromatic N) is 5. The van der Waals surface area contributed by atoms with Crippen molar-refractivity contribution >= 4 is 17.0 Å². The Morgan fingerprint density at radius 1 is 1.30 bits per heavy atom. The molecular weight excluding hydrogens is 342 g/mol. The van der Waals surface area contributed by atoms with Gasteiger partial charge < -0.3 is 9.42 Å². The molecule has 7 nitrogen and oxygen atoms in total. The zero-order valence-electron chi connectivity index (χ0n) is 16.5. The summed E-state index contributed by atoms with van der Waals surface area (Å²) in [7, 11) is 1.92. The Morgan fingerprint density at radius 3 is 2.74 bits per heavy atom. The minimum Gasteiger partial charge on any atom is -0.336 e. The number of rotatable bonds is 3. The lowest BCUT2D eigenvalue weighted by molar-refractivity contribution is 0.0737. The Labute approximate surface area is 158 Å². The zero-order chi connectivity index (χ0) is 19.3. The molecule has 142 valence electrons. The molecule has 1 aliphatic rings. The van der Waals surface area contributed by atoms with Crippen molar-refractivity contribution in [3.05, 3.63) is 40.5 Å². The van der Waals surface area contributed by atoms with Crippen molar-refractivity contribution in [3.8, 4) is 0 Å². The van der Waals surface area contributed by atoms with Crippen LogP contribution in [0.25, 0.3) is 11.1 Å². The van der Waals surface area contributed by atoms with E-state index in [1.165, 1.54) is 0 Å². The molecule has 0 radical (unpaired) electrons. The van der Waals surface area contributed by atoms with E-state index >= 15 is 0 Å². The van der Waals surface area contributed by atoms with E-state index < -0.39 is 0 Å². The van der Waals surface area contributed by atoms with E-state index in [2.05, 4.69) is 29.1 Å². The zero-order valence-corrected chi connectivity index (χ0v) is 16.5. The number of hydrogen-bond donors (Lipinski definition) is 0. The number of fused-ring (bicyclic) bond motifs is 1. The van der Waals surface area contributed by atoms with Gasteiger partial charge in [0.15, 0.2) is 0 Å². The maximum Gasteiger partial charge on any atom is 0.259 e. The second-order valence-electron chi connectivity index (χ2n) is 7.70. The molecule has 4 rings (SSSR count). The van der Waals surface area contributed by atoms with Crippen LogP contribution in [0.1, 0.15) is 71.7 Å². The van der Waals surface area contributed by atoms with E-state index in [-0.39, 0.29) is 17.9 Å². The van der Waals surface area contributed by atoms with Gasteiger partial charge in [-0.05, 0) is 38.7 Å². The molecule has 0 bridgehead atoms. The monoisotopic (exact) mass is 367 g/mol. The number of aryl methyl sites for hydroxylation is 3. The highest BCUT2D eigenvalue weighted by molar-refractivity contribution is 6.06. The molecule has 1 aliphatic heterocycles. The Morgan fingerprint density at radius 2 is 2.07 bits per heavy atom. The van der Waals surface area contributed by atoms with Crippen LogP contribution in [-0.4, -0.2) is 37.3 Å². The van der Waals surface area contributed by atoms with Crippen molar-refractivity contribution < 1.29 is 9.32 Å². The number of amides is 1. The number of aromatic nitrogens is 4. The van der Waals surface area contributed by atoms with Crippen LogP contribution in [0.2, 0.25) is 0 Å². The number of carbonyl (C=O) groups is 1. The molecule has 0 aliphatic carbocycles. The molecule has 27 heavy (non-hydrogen) atoms. The van der Waals surface area contributed by atoms with Crippen molar-refractivity contribution in [2.45, 2.75) is 52.5 Å². The molecule has 1 amide bonds. The fourth-order valence-electron chi connectivity index (χ4n) is 4.01. The van der Waals surface area contributed by atoms with Crippen molar-refractivity contribution in [3.63, 3.8) is 0 Å². The Bertz CT molecular complexity index is 1020. The molecule has 0 spiro atoms. The first-order chi connectivity index (χ1) is 12.9. The minimum absolute atomic E-state index is 0.0151. The summed E-state index contributed by atoms with van der Waals surface area (Å²) in [6.45, 7) is 8.71. The van der Waals surface area contributed by atoms with Crippen molar-refractivity contribution in [2.75, 3.05) is 6.54 Å². The third kappa shape index (κ3) is 2.91. The molecule has 0 saturated carbocycles. The lowest BCUT2D eigenvalue weighted by Crippen LogP contribution is -2.31. The molecule has 4 heterocycles. The Balaban J connectivity index is 1.80. The van der Waals surface area contributed by atoms with E-state index in [9.17, 15) is 4.79 Å². The minimum atomic E-state index is 0.0151. The summed E-state index contributed by atoms with van der Waals surface area (Å²) in [5.41, 5.74) is 4.72. The lowest BCUT2D eigenvalue weighted by atomic mass is 10.0. The smallest absolute Gasteiger partial charge is 0.259 e. The largest absolute Gasteiger partial charge is 0.336 e.